The van der Waals surface area contributed by atoms with Crippen LogP contribution in [0.4, 0.5) is 0 Å². The van der Waals surface area contributed by atoms with Crippen molar-refractivity contribution in [1.29, 1.82) is 0 Å². The van der Waals surface area contributed by atoms with Crippen molar-refractivity contribution in [3.63, 3.8) is 0 Å². The Labute approximate surface area is 205 Å². The molecule has 0 aromatic heterocycles. The lowest BCUT2D eigenvalue weighted by molar-refractivity contribution is -0.146. The summed E-state index contributed by atoms with van der Waals surface area (Å²) in [5.41, 5.74) is 0.715. The zero-order valence-electron chi connectivity index (χ0n) is 19.8. The third kappa shape index (κ3) is 3.27. The van der Waals surface area contributed by atoms with Gasteiger partial charge in [-0.05, 0) is 25.0 Å². The molecule has 4 aromatic carbocycles. The highest BCUT2D eigenvalue weighted by atomic mass is 16.5. The van der Waals surface area contributed by atoms with Gasteiger partial charge in [0.15, 0.2) is 5.78 Å². The molecule has 3 heteroatoms. The minimum absolute atomic E-state index is 0.160. The van der Waals surface area contributed by atoms with Gasteiger partial charge in [-0.2, -0.15) is 0 Å². The lowest BCUT2D eigenvalue weighted by Gasteiger charge is -2.43. The monoisotopic (exact) mass is 458 g/mol. The molecule has 0 radical (unpaired) electrons. The molecule has 0 spiro atoms. The Morgan fingerprint density at radius 2 is 0.971 bits per heavy atom. The van der Waals surface area contributed by atoms with Gasteiger partial charge in [-0.1, -0.05) is 121 Å². The standard InChI is InChI=1S/C32H26O3/c1-23(33)31(27-19-11-5-12-20-27)29(25-15-7-3-8-16-25)30(26-17-9-4-10-18-26)35-32(31,24(2)34)28-21-13-6-14-22-28/h3-22H,1-2H3. The predicted octanol–water partition coefficient (Wildman–Crippen LogP) is 6.60. The normalized spacial score (nSPS) is 21.4. The highest BCUT2D eigenvalue weighted by Gasteiger charge is 2.69. The largest absolute Gasteiger partial charge is 0.472 e. The van der Waals surface area contributed by atoms with Crippen LogP contribution in [-0.2, 0) is 25.3 Å². The molecule has 0 saturated heterocycles. The van der Waals surface area contributed by atoms with Crippen LogP contribution in [0.2, 0.25) is 0 Å². The fourth-order valence-corrected chi connectivity index (χ4v) is 5.52. The van der Waals surface area contributed by atoms with Gasteiger partial charge < -0.3 is 4.74 Å². The average Bonchev–Trinajstić information content (AvgIpc) is 3.25. The van der Waals surface area contributed by atoms with Gasteiger partial charge in [0, 0.05) is 16.7 Å². The number of rotatable bonds is 6. The van der Waals surface area contributed by atoms with Gasteiger partial charge >= 0.3 is 0 Å². The second-order valence-corrected chi connectivity index (χ2v) is 8.81. The third-order valence-electron chi connectivity index (χ3n) is 6.89. The van der Waals surface area contributed by atoms with Crippen molar-refractivity contribution < 1.29 is 14.3 Å². The van der Waals surface area contributed by atoms with Gasteiger partial charge in [0.25, 0.3) is 0 Å². The van der Waals surface area contributed by atoms with Gasteiger partial charge in [0.05, 0.1) is 0 Å². The maximum absolute atomic E-state index is 14.2. The SMILES string of the molecule is CC(=O)C1(c2ccccc2)OC(c2ccccc2)=C(c2ccccc2)C1(C(C)=O)c1ccccc1. The number of ether oxygens (including phenoxy) is 1. The number of ketones is 2. The first-order valence-electron chi connectivity index (χ1n) is 11.7. The van der Waals surface area contributed by atoms with E-state index in [1.165, 1.54) is 6.92 Å². The van der Waals surface area contributed by atoms with E-state index in [4.69, 9.17) is 4.74 Å². The number of carbonyl (C=O) groups excluding carboxylic acids is 2. The molecule has 0 bridgehead atoms. The number of Topliss-reactive ketones (excluding diaryl/α,β-unsaturated/α-hetero) is 2. The lowest BCUT2D eigenvalue weighted by Crippen LogP contribution is -2.56. The first kappa shape index (κ1) is 22.5. The first-order valence-corrected chi connectivity index (χ1v) is 11.7. The molecule has 0 aliphatic carbocycles. The maximum Gasteiger partial charge on any atom is 0.212 e. The molecule has 5 rings (SSSR count). The van der Waals surface area contributed by atoms with Crippen molar-refractivity contribution in [2.24, 2.45) is 0 Å². The molecule has 1 aliphatic heterocycles. The van der Waals surface area contributed by atoms with Crippen LogP contribution in [0.1, 0.15) is 36.1 Å². The second kappa shape index (κ2) is 8.84. The highest BCUT2D eigenvalue weighted by molar-refractivity contribution is 6.17. The maximum atomic E-state index is 14.2. The molecule has 0 N–H and O–H groups in total. The Morgan fingerprint density at radius 3 is 1.43 bits per heavy atom. The number of hydrogen-bond acceptors (Lipinski definition) is 3. The molecule has 0 fully saturated rings. The summed E-state index contributed by atoms with van der Waals surface area (Å²) in [5.74, 6) is 0.143. The Hall–Kier alpha value is -4.24. The highest BCUT2D eigenvalue weighted by Crippen LogP contribution is 2.62. The van der Waals surface area contributed by atoms with E-state index in [2.05, 4.69) is 0 Å². The molecule has 3 nitrogen and oxygen atoms in total. The van der Waals surface area contributed by atoms with Gasteiger partial charge in [0.1, 0.15) is 17.0 Å². The summed E-state index contributed by atoms with van der Waals surface area (Å²) in [6.07, 6.45) is 0. The molecule has 4 aromatic rings. The summed E-state index contributed by atoms with van der Waals surface area (Å²) in [6.45, 7) is 3.08. The number of hydrogen-bond donors (Lipinski definition) is 0. The Bertz CT molecular complexity index is 1390. The molecule has 2 unspecified atom stereocenters. The molecule has 172 valence electrons. The Balaban J connectivity index is 2.01. The van der Waals surface area contributed by atoms with E-state index in [-0.39, 0.29) is 11.6 Å². The zero-order valence-corrected chi connectivity index (χ0v) is 19.8. The summed E-state index contributed by atoms with van der Waals surface area (Å²) >= 11 is 0. The van der Waals surface area contributed by atoms with Gasteiger partial charge in [-0.3, -0.25) is 9.59 Å². The molecule has 2 atom stereocenters. The fourth-order valence-electron chi connectivity index (χ4n) is 5.52. The van der Waals surface area contributed by atoms with E-state index >= 15 is 0 Å². The summed E-state index contributed by atoms with van der Waals surface area (Å²) in [6, 6.07) is 38.4. The van der Waals surface area contributed by atoms with E-state index in [9.17, 15) is 9.59 Å². The van der Waals surface area contributed by atoms with Crippen molar-refractivity contribution in [2.45, 2.75) is 24.9 Å². The number of benzene rings is 4. The summed E-state index contributed by atoms with van der Waals surface area (Å²) < 4.78 is 6.89. The second-order valence-electron chi connectivity index (χ2n) is 8.81. The van der Waals surface area contributed by atoms with Gasteiger partial charge in [0.2, 0.25) is 5.60 Å². The summed E-state index contributed by atoms with van der Waals surface area (Å²) in [7, 11) is 0. The van der Waals surface area contributed by atoms with Gasteiger partial charge in [-0.25, -0.2) is 0 Å². The summed E-state index contributed by atoms with van der Waals surface area (Å²) in [5, 5.41) is 0. The van der Waals surface area contributed by atoms with E-state index in [0.29, 0.717) is 16.9 Å². The zero-order chi connectivity index (χ0) is 24.5. The van der Waals surface area contributed by atoms with E-state index in [1.54, 1.807) is 6.92 Å². The van der Waals surface area contributed by atoms with E-state index in [1.807, 2.05) is 121 Å². The minimum atomic E-state index is -1.59. The topological polar surface area (TPSA) is 43.4 Å². The molecular formula is C32H26O3. The fraction of sp³-hybridized carbons (Fsp3) is 0.125. The van der Waals surface area contributed by atoms with Crippen LogP contribution in [0.25, 0.3) is 11.3 Å². The molecular weight excluding hydrogens is 432 g/mol. The van der Waals surface area contributed by atoms with Crippen LogP contribution in [0.3, 0.4) is 0 Å². The Kier molecular flexibility index (Phi) is 5.70. The van der Waals surface area contributed by atoms with Crippen molar-refractivity contribution in [3.05, 3.63) is 144 Å². The summed E-state index contributed by atoms with van der Waals surface area (Å²) in [4.78, 5) is 28.1. The molecule has 1 heterocycles. The van der Waals surface area contributed by atoms with Crippen LogP contribution >= 0.6 is 0 Å². The molecule has 35 heavy (non-hydrogen) atoms. The average molecular weight is 459 g/mol. The Morgan fingerprint density at radius 1 is 0.543 bits per heavy atom. The molecule has 0 amide bonds. The predicted molar refractivity (Wildman–Crippen MR) is 138 cm³/mol. The number of carbonyl (C=O) groups is 2. The van der Waals surface area contributed by atoms with Crippen molar-refractivity contribution in [2.75, 3.05) is 0 Å². The van der Waals surface area contributed by atoms with Crippen molar-refractivity contribution in [3.8, 4) is 0 Å². The van der Waals surface area contributed by atoms with Crippen LogP contribution in [-0.4, -0.2) is 11.6 Å². The van der Waals surface area contributed by atoms with E-state index < -0.39 is 11.0 Å². The first-order chi connectivity index (χ1) is 17.0. The quantitative estimate of drug-likeness (QED) is 0.327. The van der Waals surface area contributed by atoms with E-state index in [0.717, 1.165) is 16.7 Å². The third-order valence-corrected chi connectivity index (χ3v) is 6.89. The molecule has 1 aliphatic rings. The van der Waals surface area contributed by atoms with Crippen LogP contribution in [0.5, 0.6) is 0 Å². The van der Waals surface area contributed by atoms with Crippen LogP contribution in [0.15, 0.2) is 121 Å². The van der Waals surface area contributed by atoms with Gasteiger partial charge in [-0.15, -0.1) is 0 Å². The smallest absolute Gasteiger partial charge is 0.212 e. The lowest BCUT2D eigenvalue weighted by atomic mass is 9.57. The minimum Gasteiger partial charge on any atom is -0.472 e. The van der Waals surface area contributed by atoms with Crippen molar-refractivity contribution >= 4 is 22.9 Å². The van der Waals surface area contributed by atoms with Crippen molar-refractivity contribution in [1.82, 2.24) is 0 Å². The van der Waals surface area contributed by atoms with Crippen LogP contribution in [0, 0.1) is 0 Å². The molecule has 0 saturated carbocycles. The van der Waals surface area contributed by atoms with Crippen LogP contribution < -0.4 is 0 Å².